The summed E-state index contributed by atoms with van der Waals surface area (Å²) in [4.78, 5) is 20.4. The average molecular weight is 387 g/mol. The van der Waals surface area contributed by atoms with Gasteiger partial charge in [0.2, 0.25) is 0 Å². The first kappa shape index (κ1) is 17.8. The van der Waals surface area contributed by atoms with Crippen molar-refractivity contribution in [3.8, 4) is 17.3 Å². The van der Waals surface area contributed by atoms with Crippen LogP contribution in [0.3, 0.4) is 0 Å². The van der Waals surface area contributed by atoms with E-state index in [4.69, 9.17) is 4.98 Å². The van der Waals surface area contributed by atoms with Gasteiger partial charge in [-0.1, -0.05) is 4.98 Å². The molecular weight excluding hydrogens is 364 g/mol. The lowest BCUT2D eigenvalue weighted by Gasteiger charge is -2.35. The number of hydrogen-bond donors (Lipinski definition) is 0. The van der Waals surface area contributed by atoms with Crippen molar-refractivity contribution in [2.75, 3.05) is 14.1 Å². The Labute approximate surface area is 168 Å². The fraction of sp³-hybridized carbons (Fsp3) is 0.381. The van der Waals surface area contributed by atoms with E-state index in [-0.39, 0.29) is 0 Å². The van der Waals surface area contributed by atoms with Crippen molar-refractivity contribution in [2.24, 2.45) is 13.0 Å². The van der Waals surface area contributed by atoms with E-state index in [1.54, 1.807) is 10.7 Å². The maximum atomic E-state index is 4.80. The Morgan fingerprint density at radius 3 is 2.79 bits per heavy atom. The summed E-state index contributed by atoms with van der Waals surface area (Å²) >= 11 is 0. The normalized spacial score (nSPS) is 18.8. The second kappa shape index (κ2) is 6.64. The molecule has 4 aromatic rings. The van der Waals surface area contributed by atoms with Gasteiger partial charge in [-0.05, 0) is 52.1 Å². The van der Waals surface area contributed by atoms with Crippen LogP contribution < -0.4 is 0 Å². The Morgan fingerprint density at radius 2 is 2.00 bits per heavy atom. The molecule has 146 valence electrons. The minimum Gasteiger partial charge on any atom is -0.316 e. The first-order chi connectivity index (χ1) is 14.0. The van der Waals surface area contributed by atoms with E-state index in [1.165, 1.54) is 0 Å². The van der Waals surface area contributed by atoms with E-state index in [0.29, 0.717) is 17.9 Å². The van der Waals surface area contributed by atoms with Crippen LogP contribution >= 0.6 is 0 Å². The molecule has 0 aliphatic heterocycles. The quantitative estimate of drug-likeness (QED) is 0.528. The predicted molar refractivity (Wildman–Crippen MR) is 112 cm³/mol. The highest BCUT2D eigenvalue weighted by atomic mass is 15.3. The smallest absolute Gasteiger partial charge is 0.316 e. The maximum Gasteiger partial charge on any atom is 0.551 e. The Bertz CT molecular complexity index is 1280. The monoisotopic (exact) mass is 387 g/mol. The fourth-order valence-corrected chi connectivity index (χ4v) is 3.75. The Balaban J connectivity index is 1.44. The van der Waals surface area contributed by atoms with Crippen molar-refractivity contribution >= 4 is 22.6 Å². The van der Waals surface area contributed by atoms with Gasteiger partial charge in [-0.15, -0.1) is 0 Å². The summed E-state index contributed by atoms with van der Waals surface area (Å²) in [6, 6.07) is 9.82. The summed E-state index contributed by atoms with van der Waals surface area (Å²) in [5.41, 5.74) is 4.52. The Kier molecular flexibility index (Phi) is 4.07. The van der Waals surface area contributed by atoms with Crippen LogP contribution in [0, 0.1) is 18.9 Å². The molecule has 4 heterocycles. The Hall–Kier alpha value is -3.31. The maximum absolute atomic E-state index is 4.80. The minimum atomic E-state index is 0.389. The van der Waals surface area contributed by atoms with E-state index < -0.39 is 0 Å². The summed E-state index contributed by atoms with van der Waals surface area (Å²) in [5.74, 6) is 1.76. The standard InChI is InChI=1S/C21H23N8/c1-13-24-18-6-5-17(25-20(18)28(13)4)16-7-8-29-19(16)12-23-21(26-29)22-11-14-9-15(10-14)27(2)3/h5-8,12,14-15H,9-10H2,1-4H3/q+1. The zero-order chi connectivity index (χ0) is 20.1. The van der Waals surface area contributed by atoms with Gasteiger partial charge in [-0.3, -0.25) is 0 Å². The van der Waals surface area contributed by atoms with Crippen LogP contribution in [0.5, 0.6) is 0 Å². The largest absolute Gasteiger partial charge is 0.551 e. The van der Waals surface area contributed by atoms with Crippen LogP contribution in [0.1, 0.15) is 18.7 Å². The summed E-state index contributed by atoms with van der Waals surface area (Å²) in [6.07, 6.45) is 5.89. The lowest BCUT2D eigenvalue weighted by Crippen LogP contribution is -2.39. The van der Waals surface area contributed by atoms with Gasteiger partial charge in [0.15, 0.2) is 5.65 Å². The number of imidazole rings is 1. The fourth-order valence-electron chi connectivity index (χ4n) is 3.75. The molecule has 8 heteroatoms. The zero-order valence-corrected chi connectivity index (χ0v) is 17.0. The van der Waals surface area contributed by atoms with Crippen molar-refractivity contribution in [2.45, 2.75) is 25.8 Å². The lowest BCUT2D eigenvalue weighted by atomic mass is 9.81. The number of rotatable bonds is 2. The average Bonchev–Trinajstić information content (AvgIpc) is 3.21. The van der Waals surface area contributed by atoms with E-state index in [1.807, 2.05) is 42.9 Å². The van der Waals surface area contributed by atoms with Crippen molar-refractivity contribution in [3.63, 3.8) is 0 Å². The summed E-state index contributed by atoms with van der Waals surface area (Å²) in [5, 5.41) is 4.51. The first-order valence-corrected chi connectivity index (χ1v) is 9.77. The molecule has 0 N–H and O–H groups in total. The van der Waals surface area contributed by atoms with Crippen LogP contribution in [0.2, 0.25) is 0 Å². The number of pyridine rings is 1. The lowest BCUT2D eigenvalue weighted by molar-refractivity contribution is 0.156. The van der Waals surface area contributed by atoms with Crippen molar-refractivity contribution < 1.29 is 0 Å². The van der Waals surface area contributed by atoms with Gasteiger partial charge >= 0.3 is 5.95 Å². The van der Waals surface area contributed by atoms with E-state index in [9.17, 15) is 0 Å². The molecule has 0 radical (unpaired) electrons. The van der Waals surface area contributed by atoms with Crippen LogP contribution in [0.4, 0.5) is 5.95 Å². The molecule has 0 unspecified atom stereocenters. The van der Waals surface area contributed by atoms with Gasteiger partial charge in [-0.2, -0.15) is 9.36 Å². The number of aryl methyl sites for hydroxylation is 2. The third kappa shape index (κ3) is 3.04. The van der Waals surface area contributed by atoms with Crippen LogP contribution in [0.25, 0.3) is 32.8 Å². The molecule has 0 spiro atoms. The SMILES string of the molecule is Cc1nc2ccc(-c3ccn4nc([N+]#CC5CC(N(C)C)C5)ncc34)nc2n1C. The molecule has 0 bridgehead atoms. The van der Waals surface area contributed by atoms with Crippen LogP contribution in [0.15, 0.2) is 30.6 Å². The highest BCUT2D eigenvalue weighted by Crippen LogP contribution is 2.30. The van der Waals surface area contributed by atoms with E-state index in [2.05, 4.69) is 45.0 Å². The summed E-state index contributed by atoms with van der Waals surface area (Å²) < 4.78 is 3.80. The molecule has 0 aromatic carbocycles. The van der Waals surface area contributed by atoms with Crippen LogP contribution in [-0.2, 0) is 7.05 Å². The molecule has 0 atom stereocenters. The van der Waals surface area contributed by atoms with Crippen LogP contribution in [-0.4, -0.2) is 54.2 Å². The van der Waals surface area contributed by atoms with Gasteiger partial charge in [0.25, 0.3) is 0 Å². The second-order valence-corrected chi connectivity index (χ2v) is 7.90. The number of aromatic nitrogens is 6. The zero-order valence-electron chi connectivity index (χ0n) is 17.0. The van der Waals surface area contributed by atoms with E-state index in [0.717, 1.165) is 46.6 Å². The number of fused-ring (bicyclic) bond motifs is 2. The highest BCUT2D eigenvalue weighted by Gasteiger charge is 2.31. The molecule has 29 heavy (non-hydrogen) atoms. The number of hydrogen-bond acceptors (Lipinski definition) is 5. The highest BCUT2D eigenvalue weighted by molar-refractivity contribution is 5.82. The molecule has 0 saturated heterocycles. The van der Waals surface area contributed by atoms with Gasteiger partial charge < -0.3 is 9.47 Å². The molecule has 5 rings (SSSR count). The van der Waals surface area contributed by atoms with Crippen molar-refractivity contribution in [3.05, 3.63) is 41.3 Å². The molecular formula is C21H23N8+. The molecule has 4 aromatic heterocycles. The van der Waals surface area contributed by atoms with Gasteiger partial charge in [0.05, 0.1) is 11.6 Å². The molecule has 0 amide bonds. The molecule has 1 aliphatic rings. The first-order valence-electron chi connectivity index (χ1n) is 9.77. The summed E-state index contributed by atoms with van der Waals surface area (Å²) in [7, 11) is 6.20. The Morgan fingerprint density at radius 1 is 1.17 bits per heavy atom. The van der Waals surface area contributed by atoms with Crippen molar-refractivity contribution in [1.82, 2.24) is 34.0 Å². The van der Waals surface area contributed by atoms with Crippen molar-refractivity contribution in [1.29, 1.82) is 0 Å². The van der Waals surface area contributed by atoms with E-state index >= 15 is 0 Å². The van der Waals surface area contributed by atoms with Gasteiger partial charge in [0, 0.05) is 29.9 Å². The third-order valence-electron chi connectivity index (χ3n) is 5.81. The minimum absolute atomic E-state index is 0.389. The number of nitrogens with zero attached hydrogens (tertiary/aromatic N) is 8. The molecule has 1 fully saturated rings. The molecule has 8 nitrogen and oxygen atoms in total. The third-order valence-corrected chi connectivity index (χ3v) is 5.81. The van der Waals surface area contributed by atoms with Gasteiger partial charge in [-0.25, -0.2) is 9.97 Å². The molecule has 1 saturated carbocycles. The predicted octanol–water partition coefficient (Wildman–Crippen LogP) is 3.29. The topological polar surface area (TPSA) is 68.5 Å². The second-order valence-electron chi connectivity index (χ2n) is 7.90. The molecule has 1 aliphatic carbocycles. The summed E-state index contributed by atoms with van der Waals surface area (Å²) in [6.45, 7) is 1.98. The van der Waals surface area contributed by atoms with Gasteiger partial charge in [0.1, 0.15) is 29.1 Å².